The molecule has 0 aliphatic rings. The number of thiocarbonyl (C=S) groups is 1. The van der Waals surface area contributed by atoms with E-state index in [0.717, 1.165) is 6.42 Å². The first-order chi connectivity index (χ1) is 9.34. The fraction of sp³-hybridized carbons (Fsp3) is 0.385. The summed E-state index contributed by atoms with van der Waals surface area (Å²) >= 11 is 4.84. The summed E-state index contributed by atoms with van der Waals surface area (Å²) in [5, 5.41) is 2.54. The highest BCUT2D eigenvalue weighted by molar-refractivity contribution is 7.91. The summed E-state index contributed by atoms with van der Waals surface area (Å²) < 4.78 is 23.9. The Morgan fingerprint density at radius 2 is 2.10 bits per heavy atom. The molecule has 20 heavy (non-hydrogen) atoms. The zero-order chi connectivity index (χ0) is 15.2. The molecule has 0 saturated carbocycles. The van der Waals surface area contributed by atoms with Crippen LogP contribution in [0.4, 0.5) is 0 Å². The lowest BCUT2D eigenvalue weighted by atomic mass is 10.1. The van der Waals surface area contributed by atoms with Gasteiger partial charge in [-0.15, -0.1) is 0 Å². The monoisotopic (exact) mass is 314 g/mol. The Balaban J connectivity index is 2.73. The van der Waals surface area contributed by atoms with Gasteiger partial charge in [0, 0.05) is 12.1 Å². The molecule has 0 aliphatic heterocycles. The van der Waals surface area contributed by atoms with Crippen LogP contribution < -0.4 is 11.1 Å². The van der Waals surface area contributed by atoms with Crippen LogP contribution in [0.2, 0.25) is 0 Å². The number of benzene rings is 1. The van der Waals surface area contributed by atoms with Crippen LogP contribution in [0, 0.1) is 0 Å². The SMILES string of the molecule is CCCNC(=O)CS(=O)(=O)Cc1cccc(C(N)=S)c1. The summed E-state index contributed by atoms with van der Waals surface area (Å²) in [6.07, 6.45) is 0.766. The maximum atomic E-state index is 11.9. The summed E-state index contributed by atoms with van der Waals surface area (Å²) in [5.41, 5.74) is 6.68. The van der Waals surface area contributed by atoms with E-state index >= 15 is 0 Å². The zero-order valence-electron chi connectivity index (χ0n) is 11.3. The Hall–Kier alpha value is -1.47. The number of hydrogen-bond donors (Lipinski definition) is 2. The molecule has 3 N–H and O–H groups in total. The predicted octanol–water partition coefficient (Wildman–Crippen LogP) is 0.762. The highest BCUT2D eigenvalue weighted by Gasteiger charge is 2.17. The first kappa shape index (κ1) is 16.6. The summed E-state index contributed by atoms with van der Waals surface area (Å²) in [6.45, 7) is 2.38. The third-order valence-electron chi connectivity index (χ3n) is 2.52. The maximum absolute atomic E-state index is 11.9. The van der Waals surface area contributed by atoms with E-state index < -0.39 is 21.5 Å². The summed E-state index contributed by atoms with van der Waals surface area (Å²) in [6, 6.07) is 6.70. The van der Waals surface area contributed by atoms with E-state index in [1.54, 1.807) is 24.3 Å². The Morgan fingerprint density at radius 1 is 1.40 bits per heavy atom. The van der Waals surface area contributed by atoms with Crippen molar-refractivity contribution in [2.75, 3.05) is 12.3 Å². The van der Waals surface area contributed by atoms with Crippen molar-refractivity contribution in [2.45, 2.75) is 19.1 Å². The first-order valence-electron chi connectivity index (χ1n) is 6.20. The smallest absolute Gasteiger partial charge is 0.235 e. The van der Waals surface area contributed by atoms with Gasteiger partial charge in [-0.05, 0) is 18.1 Å². The molecular formula is C13H18N2O3S2. The Labute approximate surface area is 124 Å². The highest BCUT2D eigenvalue weighted by Crippen LogP contribution is 2.10. The van der Waals surface area contributed by atoms with Gasteiger partial charge in [0.1, 0.15) is 10.7 Å². The molecule has 7 heteroatoms. The number of sulfone groups is 1. The van der Waals surface area contributed by atoms with Gasteiger partial charge in [0.2, 0.25) is 5.91 Å². The molecule has 0 radical (unpaired) electrons. The third kappa shape index (κ3) is 5.66. The van der Waals surface area contributed by atoms with Crippen LogP contribution in [-0.4, -0.2) is 31.6 Å². The third-order valence-corrected chi connectivity index (χ3v) is 4.23. The largest absolute Gasteiger partial charge is 0.389 e. The maximum Gasteiger partial charge on any atom is 0.235 e. The number of rotatable bonds is 7. The average molecular weight is 314 g/mol. The number of amides is 1. The van der Waals surface area contributed by atoms with E-state index in [1.807, 2.05) is 6.92 Å². The van der Waals surface area contributed by atoms with Crippen molar-refractivity contribution in [3.05, 3.63) is 35.4 Å². The summed E-state index contributed by atoms with van der Waals surface area (Å²) in [4.78, 5) is 11.7. The van der Waals surface area contributed by atoms with Crippen molar-refractivity contribution in [1.29, 1.82) is 0 Å². The van der Waals surface area contributed by atoms with Crippen molar-refractivity contribution in [3.8, 4) is 0 Å². The van der Waals surface area contributed by atoms with Gasteiger partial charge in [-0.3, -0.25) is 4.79 Å². The fourth-order valence-electron chi connectivity index (χ4n) is 1.63. The molecule has 0 bridgehead atoms. The van der Waals surface area contributed by atoms with Gasteiger partial charge in [-0.25, -0.2) is 8.42 Å². The lowest BCUT2D eigenvalue weighted by molar-refractivity contribution is -0.118. The van der Waals surface area contributed by atoms with E-state index in [9.17, 15) is 13.2 Å². The Bertz CT molecular complexity index is 597. The molecule has 0 fully saturated rings. The van der Waals surface area contributed by atoms with Crippen LogP contribution in [0.25, 0.3) is 0 Å². The minimum Gasteiger partial charge on any atom is -0.389 e. The summed E-state index contributed by atoms with van der Waals surface area (Å²) in [7, 11) is -3.50. The van der Waals surface area contributed by atoms with E-state index in [2.05, 4.69) is 5.32 Å². The first-order valence-corrected chi connectivity index (χ1v) is 8.43. The predicted molar refractivity (Wildman–Crippen MR) is 83.1 cm³/mol. The molecule has 0 spiro atoms. The van der Waals surface area contributed by atoms with Gasteiger partial charge in [0.25, 0.3) is 0 Å². The molecule has 5 nitrogen and oxygen atoms in total. The minimum absolute atomic E-state index is 0.205. The second kappa shape index (κ2) is 7.35. The van der Waals surface area contributed by atoms with Gasteiger partial charge >= 0.3 is 0 Å². The molecule has 1 rings (SSSR count). The molecule has 0 saturated heterocycles. The minimum atomic E-state index is -3.50. The number of hydrogen-bond acceptors (Lipinski definition) is 4. The van der Waals surface area contributed by atoms with E-state index in [0.29, 0.717) is 17.7 Å². The molecule has 0 aliphatic carbocycles. The van der Waals surface area contributed by atoms with Gasteiger partial charge in [0.05, 0.1) is 5.75 Å². The van der Waals surface area contributed by atoms with E-state index in [-0.39, 0.29) is 10.7 Å². The van der Waals surface area contributed by atoms with Gasteiger partial charge in [0.15, 0.2) is 9.84 Å². The molecular weight excluding hydrogens is 296 g/mol. The molecule has 0 heterocycles. The molecule has 110 valence electrons. The summed E-state index contributed by atoms with van der Waals surface area (Å²) in [5.74, 6) is -1.19. The lowest BCUT2D eigenvalue weighted by Crippen LogP contribution is -2.31. The topological polar surface area (TPSA) is 89.3 Å². The average Bonchev–Trinajstić information content (AvgIpc) is 2.35. The van der Waals surface area contributed by atoms with Crippen LogP contribution in [0.1, 0.15) is 24.5 Å². The van der Waals surface area contributed by atoms with Crippen LogP contribution >= 0.6 is 12.2 Å². The van der Waals surface area contributed by atoms with Crippen molar-refractivity contribution < 1.29 is 13.2 Å². The second-order valence-electron chi connectivity index (χ2n) is 4.45. The lowest BCUT2D eigenvalue weighted by Gasteiger charge is -2.07. The van der Waals surface area contributed by atoms with Gasteiger partial charge in [-0.1, -0.05) is 37.3 Å². The van der Waals surface area contributed by atoms with Crippen molar-refractivity contribution >= 4 is 33.0 Å². The molecule has 0 unspecified atom stereocenters. The van der Waals surface area contributed by atoms with Crippen LogP contribution in [0.15, 0.2) is 24.3 Å². The van der Waals surface area contributed by atoms with Crippen molar-refractivity contribution in [1.82, 2.24) is 5.32 Å². The number of carbonyl (C=O) groups is 1. The normalized spacial score (nSPS) is 11.1. The van der Waals surface area contributed by atoms with Gasteiger partial charge in [-0.2, -0.15) is 0 Å². The highest BCUT2D eigenvalue weighted by atomic mass is 32.2. The number of nitrogens with two attached hydrogens (primary N) is 1. The van der Waals surface area contributed by atoms with E-state index in [4.69, 9.17) is 18.0 Å². The van der Waals surface area contributed by atoms with Crippen molar-refractivity contribution in [3.63, 3.8) is 0 Å². The number of nitrogens with one attached hydrogen (secondary N) is 1. The molecule has 1 aromatic rings. The standard InChI is InChI=1S/C13H18N2O3S2/c1-2-6-15-12(16)9-20(17,18)8-10-4-3-5-11(7-10)13(14)19/h3-5,7H,2,6,8-9H2,1H3,(H2,14,19)(H,15,16). The second-order valence-corrected chi connectivity index (χ2v) is 6.95. The Morgan fingerprint density at radius 3 is 2.70 bits per heavy atom. The number of carbonyl (C=O) groups excluding carboxylic acids is 1. The van der Waals surface area contributed by atoms with Crippen molar-refractivity contribution in [2.24, 2.45) is 5.73 Å². The van der Waals surface area contributed by atoms with Crippen LogP contribution in [0.5, 0.6) is 0 Å². The van der Waals surface area contributed by atoms with Crippen LogP contribution in [-0.2, 0) is 20.4 Å². The molecule has 0 aromatic heterocycles. The Kier molecular flexibility index (Phi) is 6.09. The van der Waals surface area contributed by atoms with Crippen LogP contribution in [0.3, 0.4) is 0 Å². The molecule has 1 amide bonds. The quantitative estimate of drug-likeness (QED) is 0.725. The molecule has 1 aromatic carbocycles. The fourth-order valence-corrected chi connectivity index (χ4v) is 3.05. The van der Waals surface area contributed by atoms with E-state index in [1.165, 1.54) is 0 Å². The van der Waals surface area contributed by atoms with Gasteiger partial charge < -0.3 is 11.1 Å². The zero-order valence-corrected chi connectivity index (χ0v) is 12.9. The molecule has 0 atom stereocenters.